The molecular weight excluding hydrogens is 590 g/mol. The highest BCUT2D eigenvalue weighted by molar-refractivity contribution is 7.80. The third kappa shape index (κ3) is 7.51. The van der Waals surface area contributed by atoms with Crippen molar-refractivity contribution in [2.45, 2.75) is 34.6 Å². The van der Waals surface area contributed by atoms with Gasteiger partial charge in [-0.2, -0.15) is 0 Å². The molecule has 0 amide bonds. The number of thiocarbonyl (C=S) groups is 1. The van der Waals surface area contributed by atoms with Gasteiger partial charge in [0.1, 0.15) is 37.6 Å². The Morgan fingerprint density at radius 1 is 0.956 bits per heavy atom. The Morgan fingerprint density at radius 2 is 1.67 bits per heavy atom. The molecule has 2 aromatic carbocycles. The first kappa shape index (κ1) is 33.2. The van der Waals surface area contributed by atoms with Crippen LogP contribution in [-0.4, -0.2) is 61.6 Å². The maximum Gasteiger partial charge on any atom is 0.336 e. The molecule has 1 heterocycles. The van der Waals surface area contributed by atoms with Gasteiger partial charge >= 0.3 is 11.9 Å². The minimum Gasteiger partial charge on any atom is -0.478 e. The maximum atomic E-state index is 12.6. The van der Waals surface area contributed by atoms with Crippen molar-refractivity contribution >= 4 is 51.7 Å². The van der Waals surface area contributed by atoms with E-state index in [4.69, 9.17) is 26.1 Å². The molecule has 0 radical (unpaired) electrons. The summed E-state index contributed by atoms with van der Waals surface area (Å²) in [5, 5.41) is 15.2. The number of anilines is 2. The van der Waals surface area contributed by atoms with E-state index in [1.807, 2.05) is 36.4 Å². The van der Waals surface area contributed by atoms with E-state index in [-0.39, 0.29) is 24.0 Å². The molecular formula is C35H40N3O6S+. The average Bonchev–Trinajstić information content (AvgIpc) is 3.02. The van der Waals surface area contributed by atoms with E-state index in [2.05, 4.69) is 49.1 Å². The van der Waals surface area contributed by atoms with Crippen molar-refractivity contribution in [3.63, 3.8) is 0 Å². The van der Waals surface area contributed by atoms with Crippen molar-refractivity contribution in [1.29, 1.82) is 0 Å². The molecule has 1 aliphatic heterocycles. The standard InChI is InChI=1S/C35H39N3O6S/c1-7-37(8-2)24-12-15-27-30(20-24)44-31-21-25(38(9-3)10-4)13-16-28(31)32(27)29-19-23(11-14-26(29)33(39)40)36-35(45)43-18-17-42-34(41)22(5)6/h11-16,19-21H,5,7-10,17-18H2,1-4,6H3,(H-,36,39,40,45)/p+1. The summed E-state index contributed by atoms with van der Waals surface area (Å²) in [6.07, 6.45) is 0. The van der Waals surface area contributed by atoms with Gasteiger partial charge in [-0.05, 0) is 88.8 Å². The number of carbonyl (C=O) groups excluding carboxylic acids is 1. The van der Waals surface area contributed by atoms with E-state index in [0.29, 0.717) is 28.2 Å². The number of aromatic carboxylic acids is 1. The van der Waals surface area contributed by atoms with Crippen LogP contribution in [0.4, 0.5) is 11.4 Å². The van der Waals surface area contributed by atoms with Crippen LogP contribution < -0.4 is 20.1 Å². The highest BCUT2D eigenvalue weighted by Crippen LogP contribution is 2.43. The van der Waals surface area contributed by atoms with Crippen LogP contribution in [0, 0.1) is 0 Å². The highest BCUT2D eigenvalue weighted by atomic mass is 32.1. The van der Waals surface area contributed by atoms with Crippen LogP contribution >= 0.6 is 12.2 Å². The first-order chi connectivity index (χ1) is 21.6. The fourth-order valence-electron chi connectivity index (χ4n) is 5.29. The first-order valence-electron chi connectivity index (χ1n) is 15.1. The molecule has 2 aromatic rings. The number of fused-ring (bicyclic) bond motifs is 2. The van der Waals surface area contributed by atoms with E-state index in [9.17, 15) is 14.7 Å². The van der Waals surface area contributed by atoms with Crippen molar-refractivity contribution in [2.24, 2.45) is 0 Å². The summed E-state index contributed by atoms with van der Waals surface area (Å²) in [4.78, 5) is 26.4. The van der Waals surface area contributed by atoms with Crippen molar-refractivity contribution in [3.8, 4) is 22.5 Å². The predicted molar refractivity (Wildman–Crippen MR) is 183 cm³/mol. The monoisotopic (exact) mass is 630 g/mol. The van der Waals surface area contributed by atoms with Crippen LogP contribution in [0.3, 0.4) is 0 Å². The fraction of sp³-hybridized carbons (Fsp3) is 0.314. The third-order valence-electron chi connectivity index (χ3n) is 7.61. The zero-order chi connectivity index (χ0) is 32.7. The molecule has 10 heteroatoms. The molecule has 0 aromatic heterocycles. The van der Waals surface area contributed by atoms with Gasteiger partial charge in [0.25, 0.3) is 5.17 Å². The Morgan fingerprint density at radius 3 is 2.31 bits per heavy atom. The Kier molecular flexibility index (Phi) is 11.0. The molecule has 0 saturated carbocycles. The minimum atomic E-state index is -1.06. The lowest BCUT2D eigenvalue weighted by Gasteiger charge is -2.23. The molecule has 45 heavy (non-hydrogen) atoms. The number of rotatable bonds is 12. The zero-order valence-corrected chi connectivity index (χ0v) is 27.3. The largest absolute Gasteiger partial charge is 0.478 e. The number of nitrogens with one attached hydrogen (secondary N) is 1. The second-order valence-corrected chi connectivity index (χ2v) is 10.8. The van der Waals surface area contributed by atoms with Crippen molar-refractivity contribution in [3.05, 3.63) is 77.7 Å². The lowest BCUT2D eigenvalue weighted by Crippen LogP contribution is -2.29. The summed E-state index contributed by atoms with van der Waals surface area (Å²) < 4.78 is 19.4. The van der Waals surface area contributed by atoms with E-state index in [1.54, 1.807) is 25.1 Å². The van der Waals surface area contributed by atoms with Gasteiger partial charge in [-0.25, -0.2) is 14.2 Å². The van der Waals surface area contributed by atoms with Crippen LogP contribution in [0.2, 0.25) is 0 Å². The number of hydrogen-bond donors (Lipinski definition) is 2. The average molecular weight is 631 g/mol. The lowest BCUT2D eigenvalue weighted by atomic mass is 9.90. The fourth-order valence-corrected chi connectivity index (χ4v) is 5.49. The second kappa shape index (κ2) is 14.9. The number of carboxylic acid groups (broad SMARTS) is 1. The molecule has 2 aliphatic rings. The van der Waals surface area contributed by atoms with Gasteiger partial charge in [-0.1, -0.05) is 6.58 Å². The number of carbonyl (C=O) groups is 2. The van der Waals surface area contributed by atoms with Gasteiger partial charge in [0.2, 0.25) is 5.36 Å². The molecule has 236 valence electrons. The van der Waals surface area contributed by atoms with Gasteiger partial charge in [-0.3, -0.25) is 0 Å². The molecule has 1 aliphatic carbocycles. The molecule has 9 nitrogen and oxygen atoms in total. The van der Waals surface area contributed by atoms with E-state index >= 15 is 0 Å². The van der Waals surface area contributed by atoms with Crippen LogP contribution in [0.25, 0.3) is 33.4 Å². The first-order valence-corrected chi connectivity index (χ1v) is 15.5. The number of nitrogens with zero attached hydrogens (tertiary/aromatic N) is 2. The van der Waals surface area contributed by atoms with E-state index in [1.165, 1.54) is 0 Å². The summed E-state index contributed by atoms with van der Waals surface area (Å²) in [5.41, 5.74) is 4.67. The second-order valence-electron chi connectivity index (χ2n) is 10.4. The van der Waals surface area contributed by atoms with Gasteiger partial charge in [-0.15, -0.1) is 0 Å². The molecule has 0 spiro atoms. The quantitative estimate of drug-likeness (QED) is 0.0460. The number of esters is 1. The highest BCUT2D eigenvalue weighted by Gasteiger charge is 2.23. The molecule has 0 atom stereocenters. The van der Waals surface area contributed by atoms with Gasteiger partial charge < -0.3 is 29.2 Å². The Hall–Kier alpha value is -4.70. The summed E-state index contributed by atoms with van der Waals surface area (Å²) in [7, 11) is 0. The molecule has 0 fully saturated rings. The molecule has 4 rings (SSSR count). The van der Waals surface area contributed by atoms with Crippen LogP contribution in [-0.2, 0) is 14.3 Å². The molecule has 0 saturated heterocycles. The zero-order valence-electron chi connectivity index (χ0n) is 26.4. The molecule has 0 unspecified atom stereocenters. The maximum absolute atomic E-state index is 12.6. The normalized spacial score (nSPS) is 10.9. The number of hydrogen-bond acceptors (Lipinski definition) is 7. The Labute approximate surface area is 268 Å². The lowest BCUT2D eigenvalue weighted by molar-refractivity contribution is -0.139. The minimum absolute atomic E-state index is 0.00711. The predicted octanol–water partition coefficient (Wildman–Crippen LogP) is 6.39. The SMILES string of the molecule is C=C(C)C(=O)OCCOC(=S)Nc1ccc(C(=O)O)c(-c2c3ccc(=[N+](CC)CC)cc-3oc3cc(N(CC)CC)ccc23)c1. The Bertz CT molecular complexity index is 1780. The molecule has 0 bridgehead atoms. The Balaban J connectivity index is 1.86. The summed E-state index contributed by atoms with van der Waals surface area (Å²) >= 11 is 5.36. The topological polar surface area (TPSA) is 104 Å². The molecule has 2 N–H and O–H groups in total. The third-order valence-corrected chi connectivity index (χ3v) is 7.83. The van der Waals surface area contributed by atoms with E-state index in [0.717, 1.165) is 53.7 Å². The van der Waals surface area contributed by atoms with Crippen LogP contribution in [0.1, 0.15) is 45.0 Å². The van der Waals surface area contributed by atoms with E-state index < -0.39 is 11.9 Å². The summed E-state index contributed by atoms with van der Waals surface area (Å²) in [5.74, 6) is -0.915. The number of carboxylic acids is 1. The van der Waals surface area contributed by atoms with Gasteiger partial charge in [0, 0.05) is 58.7 Å². The van der Waals surface area contributed by atoms with Gasteiger partial charge in [0.15, 0.2) is 0 Å². The van der Waals surface area contributed by atoms with Crippen molar-refractivity contribution < 1.29 is 28.6 Å². The van der Waals surface area contributed by atoms with Crippen LogP contribution in [0.15, 0.2) is 71.2 Å². The van der Waals surface area contributed by atoms with Crippen LogP contribution in [0.5, 0.6) is 0 Å². The van der Waals surface area contributed by atoms with Crippen molar-refractivity contribution in [2.75, 3.05) is 49.6 Å². The summed E-state index contributed by atoms with van der Waals surface area (Å²) in [6, 6.07) is 17.0. The smallest absolute Gasteiger partial charge is 0.336 e. The number of benzene rings is 3. The number of ether oxygens (including phenoxy) is 2. The summed E-state index contributed by atoms with van der Waals surface area (Å²) in [6.45, 7) is 16.9. The van der Waals surface area contributed by atoms with Crippen molar-refractivity contribution in [1.82, 2.24) is 4.58 Å². The van der Waals surface area contributed by atoms with Gasteiger partial charge in [0.05, 0.1) is 11.6 Å².